The minimum absolute atomic E-state index is 0.0930. The van der Waals surface area contributed by atoms with E-state index in [4.69, 9.17) is 49.4 Å². The van der Waals surface area contributed by atoms with Gasteiger partial charge in [0.25, 0.3) is 0 Å². The molecule has 0 unspecified atom stereocenters. The highest BCUT2D eigenvalue weighted by Crippen LogP contribution is 2.39. The second kappa shape index (κ2) is 54.9. The number of esters is 2. The van der Waals surface area contributed by atoms with Crippen LogP contribution in [0.4, 0.5) is 0 Å². The van der Waals surface area contributed by atoms with E-state index in [9.17, 15) is 49.2 Å². The quantitative estimate of drug-likeness (QED) is 0.0205. The van der Waals surface area contributed by atoms with Gasteiger partial charge in [-0.25, -0.2) is 25.3 Å². The third kappa shape index (κ3) is 35.8. The number of amides is 2. The summed E-state index contributed by atoms with van der Waals surface area (Å²) in [5, 5.41) is 13.4. The first-order valence-electron chi connectivity index (χ1n) is 43.3. The molecule has 3 aromatic heterocycles. The lowest BCUT2D eigenvalue weighted by Crippen LogP contribution is -2.36. The van der Waals surface area contributed by atoms with Crippen LogP contribution in [0.2, 0.25) is 15.1 Å². The number of rotatable bonds is 39. The molecule has 2 N–H and O–H groups in total. The number of carbonyl (C=O) groups excluding carboxylic acids is 4. The SMILES string of the molecule is CC(=O)N(CCCCN([C@@H](C)c1cccc(-c2ccncc2C)c1)S(=O)(=O)c1cccc(Cl)c1C)CCC(=O)O.CC(=O)N(CCCCN([C@@H](C)c1cccc(-c2ccncc2C)c1)S(=O)(=O)c1cccc(Cl)c1C)CCC(=O)OC(C)(C)C.CP=S.CP=S.Cc1cnccc1-c1cccc([C@H](C)N(CCCCNCCC(=O)OC(C)(C)C)S(=O)(=O)c2cccc(Cl)c2C)c1. The summed E-state index contributed by atoms with van der Waals surface area (Å²) in [6, 6.07) is 43.0. The van der Waals surface area contributed by atoms with Crippen molar-refractivity contribution in [1.29, 1.82) is 0 Å². The van der Waals surface area contributed by atoms with Crippen LogP contribution < -0.4 is 5.32 Å². The number of carbonyl (C=O) groups is 5. The van der Waals surface area contributed by atoms with Gasteiger partial charge in [0, 0.05) is 137 Å². The number of carboxylic acid groups (broad SMARTS) is 1. The van der Waals surface area contributed by atoms with E-state index in [0.29, 0.717) is 96.6 Å². The van der Waals surface area contributed by atoms with Gasteiger partial charge in [-0.1, -0.05) is 131 Å². The number of benzene rings is 6. The van der Waals surface area contributed by atoms with Gasteiger partial charge in [-0.2, -0.15) is 12.9 Å². The molecule has 23 nitrogen and oxygen atoms in total. The first-order valence-corrected chi connectivity index (χ1v) is 53.5. The van der Waals surface area contributed by atoms with E-state index in [-0.39, 0.29) is 83.9 Å². The molecular formula is C98H128Cl3N9O14P2S5. The van der Waals surface area contributed by atoms with Crippen LogP contribution in [0.5, 0.6) is 0 Å². The number of unbranched alkanes of at least 4 members (excludes halogenated alkanes) is 3. The summed E-state index contributed by atoms with van der Waals surface area (Å²) in [4.78, 5) is 75.5. The van der Waals surface area contributed by atoms with E-state index in [1.807, 2.05) is 173 Å². The Labute approximate surface area is 806 Å². The van der Waals surface area contributed by atoms with Gasteiger partial charge in [0.1, 0.15) is 11.2 Å². The lowest BCUT2D eigenvalue weighted by Gasteiger charge is -2.30. The number of halogens is 3. The van der Waals surface area contributed by atoms with Gasteiger partial charge >= 0.3 is 17.9 Å². The second-order valence-electron chi connectivity index (χ2n) is 33.5. The first kappa shape index (κ1) is 113. The smallest absolute Gasteiger partial charge is 0.308 e. The highest BCUT2D eigenvalue weighted by molar-refractivity contribution is 7.96. The minimum Gasteiger partial charge on any atom is -0.481 e. The van der Waals surface area contributed by atoms with E-state index in [1.165, 1.54) is 27.4 Å². The number of sulfonamides is 3. The second-order valence-corrected chi connectivity index (χ2v) is 43.2. The van der Waals surface area contributed by atoms with E-state index >= 15 is 0 Å². The molecule has 3 heterocycles. The highest BCUT2D eigenvalue weighted by Gasteiger charge is 2.36. The number of aromatic nitrogens is 3. The van der Waals surface area contributed by atoms with Crippen molar-refractivity contribution < 1.29 is 63.8 Å². The minimum atomic E-state index is -3.95. The Morgan fingerprint density at radius 1 is 0.420 bits per heavy atom. The molecule has 9 rings (SSSR count). The van der Waals surface area contributed by atoms with E-state index < -0.39 is 65.4 Å². The molecule has 131 heavy (non-hydrogen) atoms. The average Bonchev–Trinajstić information content (AvgIpc) is 0.782. The van der Waals surface area contributed by atoms with Crippen LogP contribution in [0.1, 0.15) is 202 Å². The summed E-state index contributed by atoms with van der Waals surface area (Å²) < 4.78 is 100.0. The molecule has 0 spiro atoms. The van der Waals surface area contributed by atoms with Gasteiger partial charge in [-0.05, 0) is 333 Å². The lowest BCUT2D eigenvalue weighted by molar-refractivity contribution is -0.156. The molecule has 0 saturated carbocycles. The molecule has 0 bridgehead atoms. The Balaban J connectivity index is 0.000000337. The largest absolute Gasteiger partial charge is 0.481 e. The molecule has 710 valence electrons. The normalized spacial score (nSPS) is 12.4. The number of hydrogen-bond donors (Lipinski definition) is 2. The van der Waals surface area contributed by atoms with Crippen LogP contribution in [0.3, 0.4) is 0 Å². The number of hydrogen-bond acceptors (Lipinski definition) is 19. The summed E-state index contributed by atoms with van der Waals surface area (Å²) in [5.41, 5.74) is 12.2. The molecule has 0 fully saturated rings. The molecule has 0 aliphatic carbocycles. The van der Waals surface area contributed by atoms with Crippen LogP contribution in [-0.2, 0) is 87.1 Å². The molecule has 2 amide bonds. The number of ether oxygens (including phenoxy) is 2. The topological polar surface area (TPSA) is 293 Å². The standard InChI is InChI=1S/C34H44ClN3O5S.C32H42ClN3O4S.C30H36ClN3O5S.2CH3PS/c1-24-23-36-18-16-30(24)29-13-10-12-28(22-29)26(3)38(44(41,42)32-15-11-14-31(35)25(32)2)20-9-8-19-37(27(4)39)21-17-33(40)43-34(5,6)7;1-23-22-35-18-15-28(23)27-12-9-11-26(21-27)25(3)36(41(38,39)30-14-10-13-29(33)24(30)2)20-8-7-17-34-19-16-31(37)40-32(4,5)6;1-21-20-32-15-13-27(21)26-10-7-9-25(19-26)23(3)34(40(38,39)29-12-8-11-28(31)22(29)2)17-6-5-16-33(24(4)35)18-14-30(36)37;2*1-2-3/h10-16,18,22-23,26H,8-9,17,19-21H2,1-7H3;9-15,18,21-22,25,34H,7-8,16-17,19-20H2,1-6H3;7-13,15,19-20,23H,5-6,14,16-18H2,1-4H3,(H,36,37);2*1H3/t26-;25-;23-;;/m000../s1. The Bertz CT molecular complexity index is 5670. The maximum atomic E-state index is 14.2. The van der Waals surface area contributed by atoms with Crippen LogP contribution in [-0.4, -0.2) is 181 Å². The average molecular weight is 1980 g/mol. The van der Waals surface area contributed by atoms with Crippen molar-refractivity contribution in [3.05, 3.63) is 248 Å². The molecule has 0 aliphatic rings. The molecule has 33 heteroatoms. The number of aryl methyl sites for hydroxylation is 3. The van der Waals surface area contributed by atoms with Crippen molar-refractivity contribution in [2.75, 3.05) is 72.2 Å². The molecule has 0 saturated heterocycles. The monoisotopic (exact) mass is 1980 g/mol. The fraction of sp³-hybridized carbons (Fsp3) is 0.429. The number of pyridine rings is 3. The number of aliphatic carboxylic acids is 1. The predicted octanol–water partition coefficient (Wildman–Crippen LogP) is 21.9. The predicted molar refractivity (Wildman–Crippen MR) is 537 cm³/mol. The zero-order valence-corrected chi connectivity index (χ0v) is 86.8. The fourth-order valence-electron chi connectivity index (χ4n) is 14.4. The lowest BCUT2D eigenvalue weighted by atomic mass is 9.98. The molecular weight excluding hydrogens is 1860 g/mol. The van der Waals surface area contributed by atoms with Gasteiger partial charge in [0.15, 0.2) is 0 Å². The maximum Gasteiger partial charge on any atom is 0.308 e. The van der Waals surface area contributed by atoms with Gasteiger partial charge in [0.05, 0.1) is 33.9 Å². The number of nitrogens with one attached hydrogen (secondary N) is 1. The van der Waals surface area contributed by atoms with Gasteiger partial charge in [-0.3, -0.25) is 38.9 Å². The summed E-state index contributed by atoms with van der Waals surface area (Å²) >= 11 is 27.7. The van der Waals surface area contributed by atoms with E-state index in [1.54, 1.807) is 130 Å². The number of carboxylic acids is 1. The third-order valence-corrected chi connectivity index (χ3v) is 28.9. The summed E-state index contributed by atoms with van der Waals surface area (Å²) in [6.07, 6.45) is 14.4. The molecule has 0 aliphatic heterocycles. The summed E-state index contributed by atoms with van der Waals surface area (Å²) in [7, 11) is -9.75. The third-order valence-electron chi connectivity index (χ3n) is 21.3. The molecule has 6 aromatic carbocycles. The van der Waals surface area contributed by atoms with Crippen LogP contribution in [0, 0.1) is 41.5 Å². The Morgan fingerprint density at radius 2 is 0.702 bits per heavy atom. The van der Waals surface area contributed by atoms with Gasteiger partial charge in [-0.15, -0.1) is 0 Å². The van der Waals surface area contributed by atoms with Gasteiger partial charge in [0.2, 0.25) is 41.9 Å². The zero-order chi connectivity index (χ0) is 97.7. The van der Waals surface area contributed by atoms with Crippen LogP contribution >= 0.6 is 49.5 Å². The summed E-state index contributed by atoms with van der Waals surface area (Å²) in [6.45, 7) is 37.5. The van der Waals surface area contributed by atoms with Gasteiger partial charge < -0.3 is 29.7 Å². The molecule has 0 radical (unpaired) electrons. The van der Waals surface area contributed by atoms with Crippen molar-refractivity contribution in [3.8, 4) is 33.4 Å². The number of nitrogens with zero attached hydrogens (tertiary/aromatic N) is 8. The fourth-order valence-corrected chi connectivity index (χ4v) is 20.8. The van der Waals surface area contributed by atoms with Crippen molar-refractivity contribution in [2.24, 2.45) is 0 Å². The van der Waals surface area contributed by atoms with Crippen LogP contribution in [0.25, 0.3) is 33.4 Å². The Hall–Kier alpha value is -8.28. The highest BCUT2D eigenvalue weighted by atomic mass is 35.5. The maximum absolute atomic E-state index is 14.2. The Kier molecular flexibility index (Phi) is 47.5. The van der Waals surface area contributed by atoms with Crippen LogP contribution in [0.15, 0.2) is 197 Å². The van der Waals surface area contributed by atoms with Crippen molar-refractivity contribution in [2.45, 2.75) is 220 Å². The first-order chi connectivity index (χ1) is 61.7. The summed E-state index contributed by atoms with van der Waals surface area (Å²) in [5.74, 6) is -1.94. The molecule has 9 aromatic rings. The van der Waals surface area contributed by atoms with E-state index in [2.05, 4.69) is 49.9 Å². The zero-order valence-electron chi connectivity index (χ0n) is 78.7. The van der Waals surface area contributed by atoms with Crippen molar-refractivity contribution in [1.82, 2.24) is 43.0 Å². The van der Waals surface area contributed by atoms with E-state index in [0.717, 1.165) is 87.9 Å². The molecule has 3 atom stereocenters. The Morgan fingerprint density at radius 3 is 0.992 bits per heavy atom. The van der Waals surface area contributed by atoms with Crippen molar-refractivity contribution in [3.63, 3.8) is 0 Å². The van der Waals surface area contributed by atoms with Crippen molar-refractivity contribution >= 4 is 133 Å².